The summed E-state index contributed by atoms with van der Waals surface area (Å²) in [5.41, 5.74) is -6.72. The quantitative estimate of drug-likeness (QED) is 0.0677. The van der Waals surface area contributed by atoms with Crippen molar-refractivity contribution in [2.24, 2.45) is 104 Å². The molecule has 8 saturated heterocycles. The molecule has 28 heteroatoms. The number of carbonyl (C=O) groups is 14. The SMILES string of the molecule is CCC(C)(C)C(=O)OC(C)(C)C(=O)OC1C2CC3C(=O)COC1C3C2.CCC(C)(C)C(=O)OC1(C)CCC2CC1(C)OCC2=O.CCC(C)(C)C(=O)OC1C2CC3CC2C(=O)OC31.CCC(C)(C)C(=O)OC1CC2CCC1(C)OC2=O.CCC(C)(C)C(=O)OC1CCC2CC1(C)OCC2=O.CCC(C)(C)C(=O)OCCC(=O)OC1C2CC3C(=O)COC1C3C2. The van der Waals surface area contributed by atoms with Crippen molar-refractivity contribution in [3.63, 3.8) is 0 Å². The van der Waals surface area contributed by atoms with Crippen LogP contribution in [-0.2, 0) is 133 Å². The highest BCUT2D eigenvalue weighted by molar-refractivity contribution is 5.88. The Balaban J connectivity index is 0.000000156. The van der Waals surface area contributed by atoms with Crippen molar-refractivity contribution in [2.45, 2.75) is 384 Å². The number of esters is 10. The topological polar surface area (TPSA) is 368 Å². The number of carbonyl (C=O) groups excluding carboxylic acids is 14. The minimum absolute atomic E-state index is 0.0254. The summed E-state index contributed by atoms with van der Waals surface area (Å²) >= 11 is 0. The van der Waals surface area contributed by atoms with Crippen molar-refractivity contribution in [3.8, 4) is 0 Å². The molecule has 0 aromatic rings. The van der Waals surface area contributed by atoms with E-state index < -0.39 is 72.4 Å². The van der Waals surface area contributed by atoms with E-state index in [1.54, 1.807) is 27.7 Å². The van der Waals surface area contributed by atoms with Crippen LogP contribution in [0.1, 0.15) is 307 Å². The van der Waals surface area contributed by atoms with E-state index in [0.717, 1.165) is 96.3 Å². The van der Waals surface area contributed by atoms with Crippen LogP contribution in [0.25, 0.3) is 0 Å². The highest BCUT2D eigenvalue weighted by atomic mass is 16.6. The second kappa shape index (κ2) is 37.7. The Labute approximate surface area is 733 Å². The molecular formula is C96H146O28. The number of ketones is 4. The monoisotopic (exact) mass is 1750 g/mol. The molecule has 9 saturated carbocycles. The Hall–Kier alpha value is -6.78. The summed E-state index contributed by atoms with van der Waals surface area (Å²) < 4.78 is 78.4. The maximum atomic E-state index is 12.7. The van der Waals surface area contributed by atoms with E-state index in [9.17, 15) is 67.1 Å². The van der Waals surface area contributed by atoms with Crippen LogP contribution in [0.4, 0.5) is 0 Å². The molecule has 14 bridgehead atoms. The van der Waals surface area contributed by atoms with Gasteiger partial charge >= 0.3 is 59.7 Å². The van der Waals surface area contributed by atoms with Gasteiger partial charge in [0.2, 0.25) is 5.60 Å². The summed E-state index contributed by atoms with van der Waals surface area (Å²) in [6.07, 6.45) is 14.3. The third kappa shape index (κ3) is 20.9. The van der Waals surface area contributed by atoms with Gasteiger partial charge in [-0.05, 0) is 277 Å². The molecule has 0 amide bonds. The Morgan fingerprint density at radius 2 is 0.839 bits per heavy atom. The molecule has 0 aromatic heterocycles. The summed E-state index contributed by atoms with van der Waals surface area (Å²) in [5, 5.41) is 0. The van der Waals surface area contributed by atoms with E-state index in [-0.39, 0.29) is 224 Å². The van der Waals surface area contributed by atoms with Gasteiger partial charge in [0.15, 0.2) is 23.1 Å². The van der Waals surface area contributed by atoms with Crippen molar-refractivity contribution < 1.29 is 133 Å². The van der Waals surface area contributed by atoms with E-state index in [4.69, 9.17) is 66.3 Å². The maximum absolute atomic E-state index is 12.7. The molecule has 9 aliphatic carbocycles. The zero-order valence-corrected chi connectivity index (χ0v) is 78.6. The van der Waals surface area contributed by atoms with Gasteiger partial charge in [-0.2, -0.15) is 0 Å². The van der Waals surface area contributed by atoms with Crippen LogP contribution >= 0.6 is 0 Å². The van der Waals surface area contributed by atoms with Gasteiger partial charge in [0.1, 0.15) is 92.1 Å². The minimum Gasteiger partial charge on any atom is -0.465 e. The molecule has 28 nitrogen and oxygen atoms in total. The van der Waals surface area contributed by atoms with Crippen molar-refractivity contribution >= 4 is 82.8 Å². The van der Waals surface area contributed by atoms with Crippen molar-refractivity contribution in [2.75, 3.05) is 33.0 Å². The molecule has 17 aliphatic rings. The average Bonchev–Trinajstić information content (AvgIpc) is 1.67. The van der Waals surface area contributed by atoms with E-state index in [2.05, 4.69) is 0 Å². The lowest BCUT2D eigenvalue weighted by atomic mass is 9.66. The predicted molar refractivity (Wildman–Crippen MR) is 448 cm³/mol. The summed E-state index contributed by atoms with van der Waals surface area (Å²) in [6, 6.07) is 0. The van der Waals surface area contributed by atoms with Gasteiger partial charge in [0, 0.05) is 41.9 Å². The molecule has 17 fully saturated rings. The Bertz CT molecular complexity index is 3980. The standard InChI is InChI=1S/C19H28O6.C18H26O6.C16H26O4.C15H24O4.C14H20O4.C14H22O4/c1-6-18(2,3)16(21)25-19(4,5)17(22)24-14-10-7-11-12(8-10)15(14)23-9-13(11)20;1-4-18(2,3)17(21)22-6-5-14(20)24-15-10-7-11-12(8-10)16(15)23-9-13(11)19;1-6-14(2,3)13(18)20-15(4)8-7-11-9-16(15,5)19-10-12(11)17;1-5-14(2,3)13(17)19-12-7-6-10-8-15(12,4)18-9-11(10)16;1-4-14(2,3)13(16)18-11-8-5-7-6-9(8)12(15)17-10(7)11;1-5-13(2,3)12(16)17-10-8-9-6-7-14(10,4)18-11(9)15/h10-12,14-15H,6-9H2,1-5H3;10-12,15-16H,4-9H2,1-3H3;11H,6-10H2,1-5H3;10,12H,5-9H2,1-4H3;7-11H,4-6H2,1-3H3;9-10H,5-8H2,1-4H3. The van der Waals surface area contributed by atoms with Crippen molar-refractivity contribution in [3.05, 3.63) is 0 Å². The molecule has 24 unspecified atom stereocenters. The van der Waals surface area contributed by atoms with Gasteiger partial charge in [0.05, 0.1) is 63.0 Å². The third-order valence-electron chi connectivity index (χ3n) is 32.0. The number of Topliss-reactive ketones (excluding diaryl/α,β-unsaturated/α-hetero) is 4. The van der Waals surface area contributed by atoms with Gasteiger partial charge in [0.25, 0.3) is 0 Å². The fourth-order valence-corrected chi connectivity index (χ4v) is 19.9. The lowest BCUT2D eigenvalue weighted by Crippen LogP contribution is -2.62. The zero-order valence-electron chi connectivity index (χ0n) is 78.6. The van der Waals surface area contributed by atoms with Crippen LogP contribution in [0.15, 0.2) is 0 Å². The lowest BCUT2D eigenvalue weighted by molar-refractivity contribution is -0.236. The third-order valence-corrected chi connectivity index (χ3v) is 32.0. The number of fused-ring (bicyclic) bond motifs is 10. The first kappa shape index (κ1) is 99.4. The second-order valence-electron chi connectivity index (χ2n) is 43.4. The molecule has 698 valence electrons. The zero-order chi connectivity index (χ0) is 92.1. The van der Waals surface area contributed by atoms with Crippen LogP contribution in [0.5, 0.6) is 0 Å². The molecule has 0 N–H and O–H groups in total. The Morgan fingerprint density at radius 3 is 1.35 bits per heavy atom. The van der Waals surface area contributed by atoms with Crippen LogP contribution < -0.4 is 0 Å². The molecule has 0 radical (unpaired) electrons. The summed E-state index contributed by atoms with van der Waals surface area (Å²) in [5.74, 6) is -0.234. The maximum Gasteiger partial charge on any atom is 0.350 e. The van der Waals surface area contributed by atoms with Crippen LogP contribution in [0.2, 0.25) is 0 Å². The van der Waals surface area contributed by atoms with Gasteiger partial charge in [-0.1, -0.05) is 41.5 Å². The molecule has 0 aromatic carbocycles. The molecular weight excluding hydrogens is 1600 g/mol. The molecule has 17 rings (SSSR count). The smallest absolute Gasteiger partial charge is 0.350 e. The first-order chi connectivity index (χ1) is 57.5. The van der Waals surface area contributed by atoms with Crippen molar-refractivity contribution in [1.29, 1.82) is 0 Å². The number of hydrogen-bond donors (Lipinski definition) is 0. The predicted octanol–water partition coefficient (Wildman–Crippen LogP) is 13.9. The molecule has 8 heterocycles. The van der Waals surface area contributed by atoms with E-state index in [0.29, 0.717) is 44.4 Å². The molecule has 8 aliphatic heterocycles. The van der Waals surface area contributed by atoms with Gasteiger partial charge in [-0.15, -0.1) is 0 Å². The van der Waals surface area contributed by atoms with E-state index >= 15 is 0 Å². The number of rotatable bonds is 23. The normalized spacial score (nSPS) is 36.0. The van der Waals surface area contributed by atoms with Gasteiger partial charge < -0.3 is 66.3 Å². The highest BCUT2D eigenvalue weighted by Crippen LogP contribution is 2.58. The fraction of sp³-hybridized carbons (Fsp3) is 0.854. The largest absolute Gasteiger partial charge is 0.465 e. The number of hydrogen-bond acceptors (Lipinski definition) is 28. The fourth-order valence-electron chi connectivity index (χ4n) is 19.9. The van der Waals surface area contributed by atoms with Crippen LogP contribution in [0.3, 0.4) is 0 Å². The Morgan fingerprint density at radius 1 is 0.387 bits per heavy atom. The van der Waals surface area contributed by atoms with E-state index in [1.807, 2.05) is 138 Å². The molecule has 0 spiro atoms. The average molecular weight is 1750 g/mol. The minimum atomic E-state index is -1.35. The summed E-state index contributed by atoms with van der Waals surface area (Å²) in [4.78, 5) is 168. The summed E-state index contributed by atoms with van der Waals surface area (Å²) in [6.45, 7) is 45.6. The van der Waals surface area contributed by atoms with Crippen molar-refractivity contribution in [1.82, 2.24) is 0 Å². The van der Waals surface area contributed by atoms with Gasteiger partial charge in [-0.25, -0.2) is 4.79 Å². The first-order valence-electron chi connectivity index (χ1n) is 46.3. The first-order valence-corrected chi connectivity index (χ1v) is 46.3. The highest BCUT2D eigenvalue weighted by Gasteiger charge is 2.66. The van der Waals surface area contributed by atoms with Crippen LogP contribution in [0, 0.1) is 104 Å². The lowest BCUT2D eigenvalue weighted by Gasteiger charge is -2.53. The number of ether oxygens (including phenoxy) is 14. The molecule has 124 heavy (non-hydrogen) atoms. The molecule has 24 atom stereocenters. The summed E-state index contributed by atoms with van der Waals surface area (Å²) in [7, 11) is 0. The van der Waals surface area contributed by atoms with Crippen LogP contribution in [-0.4, -0.2) is 193 Å². The van der Waals surface area contributed by atoms with Gasteiger partial charge in [-0.3, -0.25) is 62.3 Å². The van der Waals surface area contributed by atoms with E-state index in [1.165, 1.54) is 0 Å². The Kier molecular flexibility index (Phi) is 30.2. The second-order valence-corrected chi connectivity index (χ2v) is 43.4.